The van der Waals surface area contributed by atoms with Crippen molar-refractivity contribution in [2.75, 3.05) is 11.9 Å². The van der Waals surface area contributed by atoms with Crippen molar-refractivity contribution >= 4 is 39.3 Å². The van der Waals surface area contributed by atoms with Crippen LogP contribution in [0.3, 0.4) is 0 Å². The number of hydrogen-bond donors (Lipinski definition) is 1. The van der Waals surface area contributed by atoms with E-state index in [4.69, 9.17) is 0 Å². The minimum atomic E-state index is -0.252. The number of fused-ring (bicyclic) bond motifs is 1. The number of anilines is 1. The molecule has 1 aliphatic heterocycles. The van der Waals surface area contributed by atoms with Gasteiger partial charge in [0.15, 0.2) is 0 Å². The second-order valence-electron chi connectivity index (χ2n) is 7.41. The highest BCUT2D eigenvalue weighted by Crippen LogP contribution is 2.34. The van der Waals surface area contributed by atoms with Gasteiger partial charge >= 0.3 is 0 Å². The average molecular weight is 441 g/mol. The van der Waals surface area contributed by atoms with E-state index in [0.717, 1.165) is 35.8 Å². The van der Waals surface area contributed by atoms with Crippen molar-refractivity contribution in [3.63, 3.8) is 0 Å². The maximum Gasteiger partial charge on any atom is 0.261 e. The third-order valence-electron chi connectivity index (χ3n) is 5.65. The van der Waals surface area contributed by atoms with Crippen LogP contribution in [0.4, 0.5) is 5.69 Å². The molecule has 2 aliphatic rings. The molecule has 0 saturated heterocycles. The Hall–Kier alpha value is -2.47. The van der Waals surface area contributed by atoms with Gasteiger partial charge in [0.1, 0.15) is 0 Å². The number of hydrogen-bond acceptors (Lipinski definition) is 3. The van der Waals surface area contributed by atoms with Crippen LogP contribution in [-0.4, -0.2) is 29.2 Å². The second-order valence-corrected chi connectivity index (χ2v) is 8.33. The Kier molecular flexibility index (Phi) is 5.31. The molecular weight excluding hydrogens is 420 g/mol. The first kappa shape index (κ1) is 18.9. The molecule has 0 bridgehead atoms. The first-order valence-corrected chi connectivity index (χ1v) is 10.4. The summed E-state index contributed by atoms with van der Waals surface area (Å²) in [5.41, 5.74) is 1.66. The van der Waals surface area contributed by atoms with Gasteiger partial charge in [-0.25, -0.2) is 0 Å². The van der Waals surface area contributed by atoms with Crippen LogP contribution in [0.1, 0.15) is 46.4 Å². The van der Waals surface area contributed by atoms with E-state index in [1.54, 1.807) is 24.3 Å². The number of carbonyl (C=O) groups excluding carboxylic acids is 3. The Bertz CT molecular complexity index is 891. The van der Waals surface area contributed by atoms with E-state index in [2.05, 4.69) is 21.2 Å². The van der Waals surface area contributed by atoms with Gasteiger partial charge in [-0.15, -0.1) is 0 Å². The zero-order chi connectivity index (χ0) is 19.7. The van der Waals surface area contributed by atoms with Gasteiger partial charge in [-0.1, -0.05) is 40.9 Å². The van der Waals surface area contributed by atoms with Crippen molar-refractivity contribution in [2.45, 2.75) is 25.7 Å². The van der Waals surface area contributed by atoms with Gasteiger partial charge in [0.2, 0.25) is 5.91 Å². The average Bonchev–Trinajstić information content (AvgIpc) is 2.95. The van der Waals surface area contributed by atoms with Crippen LogP contribution in [0, 0.1) is 11.8 Å². The number of halogens is 1. The normalized spacial score (nSPS) is 21.5. The lowest BCUT2D eigenvalue weighted by Gasteiger charge is -2.32. The van der Waals surface area contributed by atoms with Gasteiger partial charge in [-0.3, -0.25) is 19.3 Å². The zero-order valence-corrected chi connectivity index (χ0v) is 16.9. The maximum atomic E-state index is 12.9. The quantitative estimate of drug-likeness (QED) is 0.712. The van der Waals surface area contributed by atoms with E-state index in [1.807, 2.05) is 24.3 Å². The fourth-order valence-electron chi connectivity index (χ4n) is 4.18. The highest BCUT2D eigenvalue weighted by molar-refractivity contribution is 9.10. The van der Waals surface area contributed by atoms with E-state index in [0.29, 0.717) is 17.7 Å². The lowest BCUT2D eigenvalue weighted by Crippen LogP contribution is -2.41. The molecule has 2 atom stereocenters. The molecule has 0 aromatic heterocycles. The Morgan fingerprint density at radius 1 is 0.964 bits per heavy atom. The highest BCUT2D eigenvalue weighted by atomic mass is 79.9. The lowest BCUT2D eigenvalue weighted by atomic mass is 9.78. The Labute approximate surface area is 172 Å². The van der Waals surface area contributed by atoms with Crippen LogP contribution in [0.25, 0.3) is 0 Å². The number of nitrogens with zero attached hydrogens (tertiary/aromatic N) is 1. The van der Waals surface area contributed by atoms with Crippen LogP contribution < -0.4 is 5.32 Å². The Morgan fingerprint density at radius 3 is 2.21 bits per heavy atom. The highest BCUT2D eigenvalue weighted by Gasteiger charge is 2.39. The monoisotopic (exact) mass is 440 g/mol. The fourth-order valence-corrected chi connectivity index (χ4v) is 4.44. The summed E-state index contributed by atoms with van der Waals surface area (Å²) in [6, 6.07) is 14.4. The predicted molar refractivity (Wildman–Crippen MR) is 110 cm³/mol. The minimum Gasteiger partial charge on any atom is -0.326 e. The molecule has 5 nitrogen and oxygen atoms in total. The van der Waals surface area contributed by atoms with Crippen molar-refractivity contribution in [3.8, 4) is 0 Å². The summed E-state index contributed by atoms with van der Waals surface area (Å²) in [7, 11) is 0. The van der Waals surface area contributed by atoms with Crippen LogP contribution in [-0.2, 0) is 4.79 Å². The van der Waals surface area contributed by atoms with Gasteiger partial charge in [0.25, 0.3) is 11.8 Å². The topological polar surface area (TPSA) is 66.5 Å². The van der Waals surface area contributed by atoms with Crippen LogP contribution in [0.2, 0.25) is 0 Å². The molecule has 144 valence electrons. The van der Waals surface area contributed by atoms with Crippen LogP contribution in [0.5, 0.6) is 0 Å². The van der Waals surface area contributed by atoms with E-state index in [9.17, 15) is 14.4 Å². The van der Waals surface area contributed by atoms with Crippen molar-refractivity contribution < 1.29 is 14.4 Å². The smallest absolute Gasteiger partial charge is 0.261 e. The molecule has 1 heterocycles. The van der Waals surface area contributed by atoms with Gasteiger partial charge in [0.05, 0.1) is 11.1 Å². The van der Waals surface area contributed by atoms with Crippen molar-refractivity contribution in [3.05, 3.63) is 64.1 Å². The molecular formula is C22H21BrN2O3. The fraction of sp³-hybridized carbons (Fsp3) is 0.318. The van der Waals surface area contributed by atoms with Crippen molar-refractivity contribution in [1.29, 1.82) is 0 Å². The molecule has 0 spiro atoms. The summed E-state index contributed by atoms with van der Waals surface area (Å²) < 4.78 is 0.951. The first-order valence-electron chi connectivity index (χ1n) is 9.56. The third kappa shape index (κ3) is 3.61. The van der Waals surface area contributed by atoms with Gasteiger partial charge < -0.3 is 5.32 Å². The largest absolute Gasteiger partial charge is 0.326 e. The zero-order valence-electron chi connectivity index (χ0n) is 15.4. The standard InChI is InChI=1S/C22H21BrN2O3/c23-15-9-11-16(12-10-15)24-20(26)17-6-2-1-5-14(17)13-25-21(27)18-7-3-4-8-19(18)22(25)28/h3-4,7-12,14,17H,1-2,5-6,13H2,(H,24,26). The SMILES string of the molecule is O=C(Nc1ccc(Br)cc1)C1CCCCC1CN1C(=O)c2ccccc2C1=O. The number of nitrogens with one attached hydrogen (secondary N) is 1. The maximum absolute atomic E-state index is 12.9. The molecule has 3 amide bonds. The van der Waals surface area contributed by atoms with Crippen LogP contribution >= 0.6 is 15.9 Å². The molecule has 1 fully saturated rings. The molecule has 4 rings (SSSR count). The van der Waals surface area contributed by atoms with E-state index >= 15 is 0 Å². The van der Waals surface area contributed by atoms with E-state index < -0.39 is 0 Å². The summed E-state index contributed by atoms with van der Waals surface area (Å²) in [6.07, 6.45) is 3.61. The number of rotatable bonds is 4. The summed E-state index contributed by atoms with van der Waals surface area (Å²) in [4.78, 5) is 39.6. The molecule has 1 saturated carbocycles. The number of imide groups is 1. The molecule has 28 heavy (non-hydrogen) atoms. The summed E-state index contributed by atoms with van der Waals surface area (Å²) in [5, 5.41) is 2.99. The van der Waals surface area contributed by atoms with Gasteiger partial charge in [-0.2, -0.15) is 0 Å². The Balaban J connectivity index is 1.48. The molecule has 0 radical (unpaired) electrons. The molecule has 6 heteroatoms. The molecule has 2 aromatic carbocycles. The number of carbonyl (C=O) groups is 3. The molecule has 1 aliphatic carbocycles. The van der Waals surface area contributed by atoms with E-state index in [-0.39, 0.29) is 29.6 Å². The summed E-state index contributed by atoms with van der Waals surface area (Å²) in [6.45, 7) is 0.296. The molecule has 2 aromatic rings. The van der Waals surface area contributed by atoms with Gasteiger partial charge in [-0.05, 0) is 55.2 Å². The van der Waals surface area contributed by atoms with Crippen LogP contribution in [0.15, 0.2) is 53.0 Å². The van der Waals surface area contributed by atoms with Gasteiger partial charge in [0, 0.05) is 22.6 Å². The lowest BCUT2D eigenvalue weighted by molar-refractivity contribution is -0.122. The summed E-state index contributed by atoms with van der Waals surface area (Å²) >= 11 is 3.39. The summed E-state index contributed by atoms with van der Waals surface area (Å²) in [5.74, 6) is -0.770. The predicted octanol–water partition coefficient (Wildman–Crippen LogP) is 4.49. The van der Waals surface area contributed by atoms with E-state index in [1.165, 1.54) is 4.90 Å². The minimum absolute atomic E-state index is 0.0218. The molecule has 1 N–H and O–H groups in total. The number of benzene rings is 2. The number of amides is 3. The Morgan fingerprint density at radius 2 is 1.57 bits per heavy atom. The third-order valence-corrected chi connectivity index (χ3v) is 6.18. The van der Waals surface area contributed by atoms with Crippen molar-refractivity contribution in [1.82, 2.24) is 4.90 Å². The second kappa shape index (κ2) is 7.87. The van der Waals surface area contributed by atoms with Crippen molar-refractivity contribution in [2.24, 2.45) is 11.8 Å². The first-order chi connectivity index (χ1) is 13.5. The molecule has 2 unspecified atom stereocenters.